The van der Waals surface area contributed by atoms with Crippen molar-refractivity contribution in [3.8, 4) is 0 Å². The van der Waals surface area contributed by atoms with Crippen molar-refractivity contribution in [2.24, 2.45) is 0 Å². The van der Waals surface area contributed by atoms with Crippen LogP contribution < -0.4 is 5.32 Å². The number of benzene rings is 1. The molecule has 1 saturated heterocycles. The van der Waals surface area contributed by atoms with Crippen LogP contribution in [0.3, 0.4) is 0 Å². The molecule has 0 saturated carbocycles. The van der Waals surface area contributed by atoms with Crippen LogP contribution in [-0.4, -0.2) is 34.0 Å². The smallest absolute Gasteiger partial charge is 0.272 e. The Morgan fingerprint density at radius 1 is 1.40 bits per heavy atom. The van der Waals surface area contributed by atoms with E-state index in [1.54, 1.807) is 17.4 Å². The third kappa shape index (κ3) is 3.44. The lowest BCUT2D eigenvalue weighted by atomic mass is 10.2. The number of nitrogens with one attached hydrogen (secondary N) is 2. The molecule has 4 rings (SSSR count). The second kappa shape index (κ2) is 7.03. The molecule has 2 N–H and O–H groups in total. The Morgan fingerprint density at radius 3 is 3.00 bits per heavy atom. The first kappa shape index (κ1) is 17.0. The number of thiophene rings is 1. The molecule has 2 aromatic heterocycles. The number of carbonyl (C=O) groups excluding carboxylic acids is 1. The molecule has 0 bridgehead atoms. The molecule has 7 heteroatoms. The van der Waals surface area contributed by atoms with Gasteiger partial charge in [0, 0.05) is 35.2 Å². The maximum absolute atomic E-state index is 12.9. The Kier molecular flexibility index (Phi) is 4.78. The minimum absolute atomic E-state index is 0.143. The molecule has 25 heavy (non-hydrogen) atoms. The van der Waals surface area contributed by atoms with Crippen LogP contribution in [0.15, 0.2) is 30.3 Å². The summed E-state index contributed by atoms with van der Waals surface area (Å²) in [4.78, 5) is 19.8. The second-order valence-electron chi connectivity index (χ2n) is 6.10. The molecular weight excluding hydrogens is 374 g/mol. The molecule has 1 fully saturated rings. The number of thioether (sulfide) groups is 1. The van der Waals surface area contributed by atoms with E-state index in [-0.39, 0.29) is 5.91 Å². The lowest BCUT2D eigenvalue weighted by Gasteiger charge is -2.14. The van der Waals surface area contributed by atoms with Gasteiger partial charge in [0.1, 0.15) is 5.69 Å². The monoisotopic (exact) mass is 391 g/mol. The predicted molar refractivity (Wildman–Crippen MR) is 108 cm³/mol. The van der Waals surface area contributed by atoms with E-state index in [1.807, 2.05) is 30.0 Å². The highest BCUT2D eigenvalue weighted by Gasteiger charge is 2.23. The van der Waals surface area contributed by atoms with E-state index in [4.69, 9.17) is 11.6 Å². The number of carbonyl (C=O) groups is 1. The van der Waals surface area contributed by atoms with Crippen molar-refractivity contribution in [1.82, 2.24) is 9.88 Å². The fourth-order valence-corrected chi connectivity index (χ4v) is 5.23. The number of nitrogens with zero attached hydrogens (tertiary/aromatic N) is 1. The average Bonchev–Trinajstić information content (AvgIpc) is 3.28. The summed E-state index contributed by atoms with van der Waals surface area (Å²) in [5.41, 5.74) is 3.39. The number of fused-ring (bicyclic) bond motifs is 1. The molecule has 0 aliphatic carbocycles. The summed E-state index contributed by atoms with van der Waals surface area (Å²) in [6.07, 6.45) is 0. The van der Waals surface area contributed by atoms with Crippen LogP contribution in [0, 0.1) is 6.92 Å². The minimum atomic E-state index is -0.143. The van der Waals surface area contributed by atoms with Gasteiger partial charge in [-0.25, -0.2) is 0 Å². The van der Waals surface area contributed by atoms with Crippen LogP contribution in [0.5, 0.6) is 0 Å². The van der Waals surface area contributed by atoms with Crippen molar-refractivity contribution in [1.29, 1.82) is 0 Å². The summed E-state index contributed by atoms with van der Waals surface area (Å²) < 4.78 is 1.18. The molecule has 1 aromatic carbocycles. The molecule has 0 atom stereocenters. The number of para-hydroxylation sites is 1. The Balaban J connectivity index is 1.68. The number of aromatic amines is 1. The molecule has 4 nitrogen and oxygen atoms in total. The number of anilines is 1. The second-order valence-corrected chi connectivity index (χ2v) is 8.84. The quantitative estimate of drug-likeness (QED) is 0.661. The van der Waals surface area contributed by atoms with Gasteiger partial charge in [-0.3, -0.25) is 9.69 Å². The van der Waals surface area contributed by atoms with E-state index < -0.39 is 0 Å². The molecule has 130 valence electrons. The van der Waals surface area contributed by atoms with E-state index >= 15 is 0 Å². The molecular formula is C18H18ClN3OS2. The Bertz CT molecular complexity index is 928. The van der Waals surface area contributed by atoms with Crippen LogP contribution >= 0.6 is 34.7 Å². The first-order valence-corrected chi connectivity index (χ1v) is 10.4. The van der Waals surface area contributed by atoms with Gasteiger partial charge in [0.15, 0.2) is 0 Å². The summed E-state index contributed by atoms with van der Waals surface area (Å²) in [7, 11) is 0. The zero-order valence-corrected chi connectivity index (χ0v) is 16.2. The van der Waals surface area contributed by atoms with Crippen LogP contribution in [-0.2, 0) is 6.54 Å². The lowest BCUT2D eigenvalue weighted by molar-refractivity contribution is 0.102. The van der Waals surface area contributed by atoms with Gasteiger partial charge in [0.05, 0.1) is 20.9 Å². The van der Waals surface area contributed by atoms with E-state index in [9.17, 15) is 4.79 Å². The molecule has 1 aliphatic rings. The Hall–Kier alpha value is -1.47. The van der Waals surface area contributed by atoms with E-state index in [0.717, 1.165) is 35.8 Å². The predicted octanol–water partition coefficient (Wildman–Crippen LogP) is 4.95. The molecule has 3 heterocycles. The molecule has 0 spiro atoms. The van der Waals surface area contributed by atoms with E-state index in [2.05, 4.69) is 28.2 Å². The number of halogens is 1. The number of amides is 1. The molecule has 1 aliphatic heterocycles. The van der Waals surface area contributed by atoms with Gasteiger partial charge in [-0.2, -0.15) is 0 Å². The maximum Gasteiger partial charge on any atom is 0.272 e. The van der Waals surface area contributed by atoms with Crippen LogP contribution in [0.2, 0.25) is 5.02 Å². The fourth-order valence-electron chi connectivity index (χ4n) is 3.05. The largest absolute Gasteiger partial charge is 0.350 e. The SMILES string of the molecule is Cc1cc2[nH]c(C(=O)Nc3ccccc3Cl)c(CN3CCSC3)c2s1. The van der Waals surface area contributed by atoms with Gasteiger partial charge in [0.25, 0.3) is 5.91 Å². The van der Waals surface area contributed by atoms with Crippen molar-refractivity contribution in [2.45, 2.75) is 13.5 Å². The number of aryl methyl sites for hydroxylation is 1. The average molecular weight is 392 g/mol. The standard InChI is InChI=1S/C18H18ClN3OS2/c1-11-8-15-17(25-11)12(9-22-6-7-24-10-22)16(20-15)18(23)21-14-5-3-2-4-13(14)19/h2-5,8,20H,6-7,9-10H2,1H3,(H,21,23). The van der Waals surface area contributed by atoms with Crippen LogP contribution in [0.25, 0.3) is 10.2 Å². The van der Waals surface area contributed by atoms with E-state index in [0.29, 0.717) is 16.4 Å². The van der Waals surface area contributed by atoms with Crippen LogP contribution in [0.1, 0.15) is 20.9 Å². The topological polar surface area (TPSA) is 48.1 Å². The van der Waals surface area contributed by atoms with Crippen LogP contribution in [0.4, 0.5) is 5.69 Å². The molecule has 1 amide bonds. The third-order valence-electron chi connectivity index (χ3n) is 4.25. The van der Waals surface area contributed by atoms with Crippen molar-refractivity contribution < 1.29 is 4.79 Å². The summed E-state index contributed by atoms with van der Waals surface area (Å²) in [6.45, 7) is 3.95. The molecule has 0 unspecified atom stereocenters. The number of rotatable bonds is 4. The Morgan fingerprint density at radius 2 is 2.24 bits per heavy atom. The highest BCUT2D eigenvalue weighted by molar-refractivity contribution is 7.99. The van der Waals surface area contributed by atoms with E-state index in [1.165, 1.54) is 9.58 Å². The first-order chi connectivity index (χ1) is 12.1. The van der Waals surface area contributed by atoms with Gasteiger partial charge in [-0.1, -0.05) is 23.7 Å². The fraction of sp³-hybridized carbons (Fsp3) is 0.278. The van der Waals surface area contributed by atoms with Crippen molar-refractivity contribution >= 4 is 56.5 Å². The maximum atomic E-state index is 12.9. The molecule has 3 aromatic rings. The summed E-state index contributed by atoms with van der Waals surface area (Å²) >= 11 is 9.85. The normalized spacial score (nSPS) is 15.1. The number of H-pyrrole nitrogens is 1. The van der Waals surface area contributed by atoms with Crippen molar-refractivity contribution in [3.63, 3.8) is 0 Å². The number of aromatic nitrogens is 1. The number of hydrogen-bond donors (Lipinski definition) is 2. The number of hydrogen-bond acceptors (Lipinski definition) is 4. The zero-order valence-electron chi connectivity index (χ0n) is 13.8. The summed E-state index contributed by atoms with van der Waals surface area (Å²) in [5.74, 6) is 2.02. The van der Waals surface area contributed by atoms with Gasteiger partial charge in [-0.15, -0.1) is 23.1 Å². The lowest BCUT2D eigenvalue weighted by Crippen LogP contribution is -2.21. The first-order valence-electron chi connectivity index (χ1n) is 8.09. The van der Waals surface area contributed by atoms with Gasteiger partial charge in [0.2, 0.25) is 0 Å². The van der Waals surface area contributed by atoms with Gasteiger partial charge >= 0.3 is 0 Å². The highest BCUT2D eigenvalue weighted by Crippen LogP contribution is 2.33. The van der Waals surface area contributed by atoms with Crippen molar-refractivity contribution in [2.75, 3.05) is 23.5 Å². The van der Waals surface area contributed by atoms with Gasteiger partial charge in [-0.05, 0) is 25.1 Å². The summed E-state index contributed by atoms with van der Waals surface area (Å²) in [5, 5.41) is 3.48. The van der Waals surface area contributed by atoms with Gasteiger partial charge < -0.3 is 10.3 Å². The third-order valence-corrected chi connectivity index (χ3v) is 6.71. The zero-order chi connectivity index (χ0) is 17.4. The molecule has 0 radical (unpaired) electrons. The van der Waals surface area contributed by atoms with Crippen molar-refractivity contribution in [3.05, 3.63) is 51.5 Å². The Labute approximate surface area is 159 Å². The summed E-state index contributed by atoms with van der Waals surface area (Å²) in [6, 6.07) is 9.40. The minimum Gasteiger partial charge on any atom is -0.350 e. The highest BCUT2D eigenvalue weighted by atomic mass is 35.5.